The highest BCUT2D eigenvalue weighted by atomic mass is 35.5. The second kappa shape index (κ2) is 4.67. The van der Waals surface area contributed by atoms with Crippen LogP contribution in [-0.2, 0) is 13.0 Å². The molecule has 3 heterocycles. The van der Waals surface area contributed by atoms with Crippen molar-refractivity contribution in [1.29, 1.82) is 0 Å². The summed E-state index contributed by atoms with van der Waals surface area (Å²) in [6, 6.07) is 9.80. The molecule has 0 bridgehead atoms. The molecule has 0 saturated carbocycles. The molecule has 0 spiro atoms. The average Bonchev–Trinajstić information content (AvgIpc) is 3.09. The molecule has 1 aliphatic rings. The van der Waals surface area contributed by atoms with Crippen LogP contribution in [0.1, 0.15) is 21.6 Å². The van der Waals surface area contributed by atoms with E-state index in [1.165, 1.54) is 22.9 Å². The molecule has 2 aromatic heterocycles. The number of furan rings is 1. The van der Waals surface area contributed by atoms with Gasteiger partial charge in [-0.05, 0) is 23.7 Å². The van der Waals surface area contributed by atoms with Gasteiger partial charge in [-0.1, -0.05) is 18.2 Å². The first-order valence-electron chi connectivity index (χ1n) is 6.85. The summed E-state index contributed by atoms with van der Waals surface area (Å²) in [4.78, 5) is 17.8. The van der Waals surface area contributed by atoms with E-state index >= 15 is 0 Å². The number of nitrogens with one attached hydrogen (secondary N) is 1. The van der Waals surface area contributed by atoms with E-state index < -0.39 is 0 Å². The maximum Gasteiger partial charge on any atom is 0.259 e. The zero-order chi connectivity index (χ0) is 14.4. The van der Waals surface area contributed by atoms with Gasteiger partial charge in [0.25, 0.3) is 5.91 Å². The van der Waals surface area contributed by atoms with E-state index in [4.69, 9.17) is 16.0 Å². The molecule has 1 amide bonds. The number of hydrogen-bond donors (Lipinski definition) is 1. The number of benzene rings is 1. The van der Waals surface area contributed by atoms with Gasteiger partial charge in [0.2, 0.25) is 5.22 Å². The largest absolute Gasteiger partial charge is 0.452 e. The summed E-state index contributed by atoms with van der Waals surface area (Å²) in [6.07, 6.45) is 2.27. The number of carbonyl (C=O) groups is 1. The highest BCUT2D eigenvalue weighted by Crippen LogP contribution is 2.29. The van der Waals surface area contributed by atoms with Crippen LogP contribution in [0.15, 0.2) is 41.0 Å². The van der Waals surface area contributed by atoms with Crippen LogP contribution in [0.5, 0.6) is 0 Å². The minimum atomic E-state index is -0.0790. The Hall–Kier alpha value is -2.20. The Morgan fingerprint density at radius 2 is 2.14 bits per heavy atom. The molecule has 3 aromatic rings. The number of hydrogen-bond acceptors (Lipinski definition) is 2. The molecular weight excluding hydrogens is 288 g/mol. The molecule has 0 radical (unpaired) electrons. The third-order valence-electron chi connectivity index (χ3n) is 4.02. The monoisotopic (exact) mass is 300 g/mol. The number of H-pyrrole nitrogens is 1. The fourth-order valence-corrected chi connectivity index (χ4v) is 3.15. The quantitative estimate of drug-likeness (QED) is 0.746. The molecule has 5 heteroatoms. The van der Waals surface area contributed by atoms with Gasteiger partial charge in [-0.25, -0.2) is 0 Å². The van der Waals surface area contributed by atoms with Crippen molar-refractivity contribution in [2.75, 3.05) is 6.54 Å². The van der Waals surface area contributed by atoms with Crippen molar-refractivity contribution in [3.63, 3.8) is 0 Å². The molecule has 1 N–H and O–H groups in total. The number of nitrogens with zero attached hydrogens (tertiary/aromatic N) is 1. The minimum Gasteiger partial charge on any atom is -0.452 e. The molecule has 4 rings (SSSR count). The molecule has 106 valence electrons. The Labute approximate surface area is 126 Å². The molecule has 0 unspecified atom stereocenters. The van der Waals surface area contributed by atoms with Gasteiger partial charge in [0.1, 0.15) is 0 Å². The van der Waals surface area contributed by atoms with Crippen LogP contribution in [0.2, 0.25) is 5.22 Å². The second-order valence-corrected chi connectivity index (χ2v) is 5.56. The zero-order valence-corrected chi connectivity index (χ0v) is 12.0. The number of aromatic nitrogens is 1. The standard InChI is InChI=1S/C16H13ClN2O2/c17-15-11(6-8-21-15)16(20)19-7-5-14-12(9-19)10-3-1-2-4-13(10)18-14/h1-4,6,8,18H,5,7,9H2. The first kappa shape index (κ1) is 12.5. The number of rotatable bonds is 1. The summed E-state index contributed by atoms with van der Waals surface area (Å²) >= 11 is 5.91. The van der Waals surface area contributed by atoms with Crippen LogP contribution in [0.4, 0.5) is 0 Å². The van der Waals surface area contributed by atoms with Crippen molar-refractivity contribution in [2.24, 2.45) is 0 Å². The van der Waals surface area contributed by atoms with E-state index in [2.05, 4.69) is 17.1 Å². The lowest BCUT2D eigenvalue weighted by atomic mass is 10.0. The van der Waals surface area contributed by atoms with Crippen molar-refractivity contribution in [2.45, 2.75) is 13.0 Å². The fourth-order valence-electron chi connectivity index (χ4n) is 2.96. The molecule has 0 fully saturated rings. The van der Waals surface area contributed by atoms with Gasteiger partial charge in [0, 0.05) is 41.7 Å². The number of para-hydroxylation sites is 1. The number of amides is 1. The van der Waals surface area contributed by atoms with E-state index in [9.17, 15) is 4.79 Å². The van der Waals surface area contributed by atoms with Crippen LogP contribution in [0.25, 0.3) is 10.9 Å². The van der Waals surface area contributed by atoms with Gasteiger partial charge in [0.05, 0.1) is 11.8 Å². The van der Waals surface area contributed by atoms with E-state index in [0.29, 0.717) is 18.7 Å². The molecule has 4 nitrogen and oxygen atoms in total. The van der Waals surface area contributed by atoms with E-state index in [1.807, 2.05) is 17.0 Å². The van der Waals surface area contributed by atoms with Gasteiger partial charge < -0.3 is 14.3 Å². The van der Waals surface area contributed by atoms with E-state index in [1.54, 1.807) is 6.07 Å². The molecule has 0 atom stereocenters. The predicted molar refractivity (Wildman–Crippen MR) is 80.5 cm³/mol. The fraction of sp³-hybridized carbons (Fsp3) is 0.188. The Morgan fingerprint density at radius 3 is 2.95 bits per heavy atom. The zero-order valence-electron chi connectivity index (χ0n) is 11.2. The summed E-state index contributed by atoms with van der Waals surface area (Å²) in [7, 11) is 0. The summed E-state index contributed by atoms with van der Waals surface area (Å²) in [5.41, 5.74) is 3.97. The maximum atomic E-state index is 12.5. The normalized spacial score (nSPS) is 14.4. The van der Waals surface area contributed by atoms with Crippen LogP contribution in [-0.4, -0.2) is 22.3 Å². The Morgan fingerprint density at radius 1 is 1.29 bits per heavy atom. The molecule has 0 saturated heterocycles. The number of carbonyl (C=O) groups excluding carboxylic acids is 1. The van der Waals surface area contributed by atoms with Gasteiger partial charge in [-0.2, -0.15) is 0 Å². The summed E-state index contributed by atoms with van der Waals surface area (Å²) < 4.78 is 5.01. The van der Waals surface area contributed by atoms with E-state index in [0.717, 1.165) is 11.9 Å². The van der Waals surface area contributed by atoms with Gasteiger partial charge in [-0.15, -0.1) is 0 Å². The first-order valence-corrected chi connectivity index (χ1v) is 7.22. The molecule has 1 aromatic carbocycles. The van der Waals surface area contributed by atoms with Gasteiger partial charge in [-0.3, -0.25) is 4.79 Å². The lowest BCUT2D eigenvalue weighted by Crippen LogP contribution is -2.35. The van der Waals surface area contributed by atoms with Gasteiger partial charge >= 0.3 is 0 Å². The summed E-state index contributed by atoms with van der Waals surface area (Å²) in [5.74, 6) is -0.0790. The lowest BCUT2D eigenvalue weighted by Gasteiger charge is -2.27. The van der Waals surface area contributed by atoms with Gasteiger partial charge in [0.15, 0.2) is 0 Å². The van der Waals surface area contributed by atoms with Crippen LogP contribution < -0.4 is 0 Å². The van der Waals surface area contributed by atoms with Crippen molar-refractivity contribution in [1.82, 2.24) is 9.88 Å². The van der Waals surface area contributed by atoms with Crippen molar-refractivity contribution in [3.05, 3.63) is 58.6 Å². The Balaban J connectivity index is 1.70. The topological polar surface area (TPSA) is 49.2 Å². The molecule has 1 aliphatic heterocycles. The molecule has 21 heavy (non-hydrogen) atoms. The molecule has 0 aliphatic carbocycles. The van der Waals surface area contributed by atoms with Crippen LogP contribution >= 0.6 is 11.6 Å². The highest BCUT2D eigenvalue weighted by molar-refractivity contribution is 6.32. The van der Waals surface area contributed by atoms with Crippen molar-refractivity contribution in [3.8, 4) is 0 Å². The second-order valence-electron chi connectivity index (χ2n) is 5.21. The lowest BCUT2D eigenvalue weighted by molar-refractivity contribution is 0.0734. The third-order valence-corrected chi connectivity index (χ3v) is 4.31. The average molecular weight is 301 g/mol. The van der Waals surface area contributed by atoms with Crippen molar-refractivity contribution < 1.29 is 9.21 Å². The minimum absolute atomic E-state index is 0.0790. The Kier molecular flexibility index (Phi) is 2.79. The number of halogens is 1. The number of aromatic amines is 1. The highest BCUT2D eigenvalue weighted by Gasteiger charge is 2.26. The molecular formula is C16H13ClN2O2. The van der Waals surface area contributed by atoms with Crippen molar-refractivity contribution >= 4 is 28.4 Å². The summed E-state index contributed by atoms with van der Waals surface area (Å²) in [5, 5.41) is 1.34. The number of fused-ring (bicyclic) bond motifs is 3. The smallest absolute Gasteiger partial charge is 0.259 e. The third kappa shape index (κ3) is 1.94. The Bertz CT molecular complexity index is 834. The SMILES string of the molecule is O=C(c1ccoc1Cl)N1CCc2[nH]c3ccccc3c2C1. The van der Waals surface area contributed by atoms with Crippen LogP contribution in [0.3, 0.4) is 0 Å². The predicted octanol–water partition coefficient (Wildman–Crippen LogP) is 3.61. The van der Waals surface area contributed by atoms with Crippen LogP contribution in [0, 0.1) is 0 Å². The maximum absolute atomic E-state index is 12.5. The summed E-state index contributed by atoms with van der Waals surface area (Å²) in [6.45, 7) is 1.28. The first-order chi connectivity index (χ1) is 10.2. The van der Waals surface area contributed by atoms with E-state index in [-0.39, 0.29) is 11.1 Å².